The summed E-state index contributed by atoms with van der Waals surface area (Å²) in [5.74, 6) is -3.70. The van der Waals surface area contributed by atoms with Gasteiger partial charge in [0.15, 0.2) is 5.76 Å². The van der Waals surface area contributed by atoms with E-state index in [1.165, 1.54) is 18.0 Å². The van der Waals surface area contributed by atoms with Crippen LogP contribution in [-0.2, 0) is 55.7 Å². The lowest BCUT2D eigenvalue weighted by molar-refractivity contribution is -0.139. The van der Waals surface area contributed by atoms with Crippen LogP contribution in [0.1, 0.15) is 83.2 Å². The Hall–Kier alpha value is -6.72. The summed E-state index contributed by atoms with van der Waals surface area (Å²) >= 11 is 0. The van der Waals surface area contributed by atoms with Gasteiger partial charge in [-0.1, -0.05) is 37.2 Å². The number of aromatic nitrogens is 4. The number of aryl methyl sites for hydroxylation is 2. The van der Waals surface area contributed by atoms with Gasteiger partial charge in [-0.15, -0.1) is 0 Å². The van der Waals surface area contributed by atoms with E-state index in [0.717, 1.165) is 18.4 Å². The van der Waals surface area contributed by atoms with Gasteiger partial charge < -0.3 is 60.6 Å². The number of carbonyl (C=O) groups excluding carboxylic acids is 6. The predicted octanol–water partition coefficient (Wildman–Crippen LogP) is 1.37. The minimum Gasteiger partial charge on any atom is -0.460 e. The van der Waals surface area contributed by atoms with Gasteiger partial charge in [0, 0.05) is 50.1 Å². The van der Waals surface area contributed by atoms with Crippen molar-refractivity contribution in [1.82, 2.24) is 45.5 Å². The van der Waals surface area contributed by atoms with Gasteiger partial charge in [0.05, 0.1) is 30.9 Å². The minimum absolute atomic E-state index is 0.114. The third kappa shape index (κ3) is 16.4. The molecule has 1 aliphatic heterocycles. The van der Waals surface area contributed by atoms with Crippen molar-refractivity contribution in [3.8, 4) is 17.1 Å². The van der Waals surface area contributed by atoms with Crippen LogP contribution in [0.3, 0.4) is 0 Å². The van der Waals surface area contributed by atoms with Gasteiger partial charge in [-0.2, -0.15) is 5.10 Å². The second kappa shape index (κ2) is 25.9. The lowest BCUT2D eigenvalue weighted by Crippen LogP contribution is -2.61. The molecule has 1 aromatic carbocycles. The Morgan fingerprint density at radius 3 is 2.31 bits per heavy atom. The van der Waals surface area contributed by atoms with Crippen molar-refractivity contribution in [3.63, 3.8) is 0 Å². The van der Waals surface area contributed by atoms with E-state index in [9.17, 15) is 48.2 Å². The maximum absolute atomic E-state index is 14.1. The normalized spacial score (nSPS) is 16.0. The van der Waals surface area contributed by atoms with Crippen molar-refractivity contribution in [2.75, 3.05) is 19.8 Å². The van der Waals surface area contributed by atoms with Crippen LogP contribution in [0.4, 0.5) is 0 Å². The maximum Gasteiger partial charge on any atom is 0.469 e. The summed E-state index contributed by atoms with van der Waals surface area (Å²) in [6.45, 7) is 8.07. The molecule has 1 aliphatic rings. The van der Waals surface area contributed by atoms with E-state index in [1.807, 2.05) is 69.4 Å². The quantitative estimate of drug-likeness (QED) is 0.0181. The second-order valence-electron chi connectivity index (χ2n) is 17.6. The number of nitrogens with two attached hydrogens (primary N) is 1. The third-order valence-electron chi connectivity index (χ3n) is 11.5. The lowest BCUT2D eigenvalue weighted by atomic mass is 10.0. The number of oxime groups is 1. The molecule has 24 nitrogen and oxygen atoms in total. The first-order valence-electron chi connectivity index (χ1n) is 23.2. The fraction of sp³-hybridized carbons (Fsp3) is 0.500. The summed E-state index contributed by atoms with van der Waals surface area (Å²) in [6.07, 6.45) is 7.79. The molecule has 25 heteroatoms. The van der Waals surface area contributed by atoms with Crippen LogP contribution in [0.15, 0.2) is 70.8 Å². The molecular weight excluding hydrogens is 946 g/mol. The standard InChI is InChI=1S/C46H64N11O13P/c1-28(2)21-35(51-46(64)38-15-12-19-56(38)31(5)59)43(61)50-36(44(62)52-37(26-58)45(63)53-40(42(47)60)30(4)70-71(65,66)67)22-34-24-48-27-55(34)18-10-7-11-20-68-49-23-32-25-57(33-13-8-6-9-14-33)54-41(32)39-17-16-29(3)69-39/h6,8-9,13-14,16-17,23-25,27-28,30,35-38,40,58H,7,10-12,15,18-22,26H2,1-5H3,(H2,47,60)(H,50,61)(H,51,64)(H,52,62)(H,53,63)(H2,65,66,67)/b49-23+/t30-,35+,36+,37+,38+,40+/m1/s1. The van der Waals surface area contributed by atoms with Crippen molar-refractivity contribution >= 4 is 49.5 Å². The second-order valence-corrected chi connectivity index (χ2v) is 18.8. The molecule has 1 saturated heterocycles. The van der Waals surface area contributed by atoms with Gasteiger partial charge in [0.1, 0.15) is 48.3 Å². The molecule has 4 aromatic rings. The molecule has 0 aliphatic carbocycles. The number of benzene rings is 1. The number of rotatable bonds is 27. The maximum atomic E-state index is 14.1. The number of furan rings is 1. The van der Waals surface area contributed by atoms with E-state index >= 15 is 0 Å². The number of imidazole rings is 1. The Balaban J connectivity index is 1.25. The summed E-state index contributed by atoms with van der Waals surface area (Å²) in [5, 5.41) is 29.1. The van der Waals surface area contributed by atoms with Crippen LogP contribution < -0.4 is 27.0 Å². The highest BCUT2D eigenvalue weighted by molar-refractivity contribution is 7.46. The topological polar surface area (TPSA) is 337 Å². The smallest absolute Gasteiger partial charge is 0.460 e. The summed E-state index contributed by atoms with van der Waals surface area (Å²) in [7, 11) is -5.14. The number of primary amides is 1. The number of unbranched alkanes of at least 4 members (excludes halogenated alkanes) is 2. The molecule has 1 fully saturated rings. The predicted molar refractivity (Wildman–Crippen MR) is 256 cm³/mol. The number of likely N-dealkylation sites (tertiary alicyclic amines) is 1. The highest BCUT2D eigenvalue weighted by atomic mass is 31.2. The Morgan fingerprint density at radius 2 is 1.66 bits per heavy atom. The van der Waals surface area contributed by atoms with Crippen molar-refractivity contribution in [3.05, 3.63) is 78.2 Å². The van der Waals surface area contributed by atoms with E-state index in [2.05, 4.69) is 35.9 Å². The van der Waals surface area contributed by atoms with E-state index in [0.29, 0.717) is 74.5 Å². The van der Waals surface area contributed by atoms with Crippen molar-refractivity contribution in [2.45, 2.75) is 122 Å². The molecule has 5 rings (SSSR count). The molecule has 0 saturated carbocycles. The van der Waals surface area contributed by atoms with Gasteiger partial charge in [-0.3, -0.25) is 33.3 Å². The van der Waals surface area contributed by atoms with Crippen molar-refractivity contribution < 1.29 is 62.0 Å². The number of phosphoric ester groups is 1. The van der Waals surface area contributed by atoms with Crippen LogP contribution in [0.2, 0.25) is 0 Å². The number of amides is 6. The molecule has 0 bridgehead atoms. The molecule has 3 aromatic heterocycles. The molecule has 0 radical (unpaired) electrons. The average Bonchev–Trinajstić information content (AvgIpc) is 4.15. The summed E-state index contributed by atoms with van der Waals surface area (Å²) < 4.78 is 25.3. The first-order chi connectivity index (χ1) is 33.7. The van der Waals surface area contributed by atoms with Crippen LogP contribution >= 0.6 is 7.82 Å². The molecule has 4 heterocycles. The number of hydrogen-bond donors (Lipinski definition) is 8. The molecular formula is C46H64N11O13P. The molecule has 0 spiro atoms. The summed E-state index contributed by atoms with van der Waals surface area (Å²) in [4.78, 5) is 109. The van der Waals surface area contributed by atoms with Gasteiger partial charge in [0.25, 0.3) is 0 Å². The molecule has 71 heavy (non-hydrogen) atoms. The summed E-state index contributed by atoms with van der Waals surface area (Å²) in [6, 6.07) is 6.37. The number of aliphatic hydroxyl groups is 1. The first kappa shape index (κ1) is 55.2. The van der Waals surface area contributed by atoms with Gasteiger partial charge in [0.2, 0.25) is 35.4 Å². The number of nitrogens with one attached hydrogen (secondary N) is 4. The number of nitrogens with zero attached hydrogens (tertiary/aromatic N) is 6. The Labute approximate surface area is 410 Å². The molecule has 6 amide bonds. The molecule has 0 unspecified atom stereocenters. The van der Waals surface area contributed by atoms with E-state index in [-0.39, 0.29) is 24.7 Å². The number of para-hydroxylation sites is 1. The van der Waals surface area contributed by atoms with Gasteiger partial charge in [-0.05, 0) is 82.6 Å². The minimum atomic E-state index is -5.14. The Bertz CT molecular complexity index is 2520. The first-order valence-corrected chi connectivity index (χ1v) is 24.8. The summed E-state index contributed by atoms with van der Waals surface area (Å²) in [5.41, 5.74) is 8.02. The van der Waals surface area contributed by atoms with Crippen LogP contribution in [-0.4, -0.2) is 137 Å². The zero-order valence-corrected chi connectivity index (χ0v) is 41.2. The average molecular weight is 1010 g/mol. The molecule has 6 atom stereocenters. The van der Waals surface area contributed by atoms with Gasteiger partial charge >= 0.3 is 7.82 Å². The number of carbonyl (C=O) groups is 6. The van der Waals surface area contributed by atoms with Crippen molar-refractivity contribution in [2.24, 2.45) is 16.8 Å². The zero-order chi connectivity index (χ0) is 51.8. The lowest BCUT2D eigenvalue weighted by Gasteiger charge is -2.28. The highest BCUT2D eigenvalue weighted by Gasteiger charge is 2.37. The zero-order valence-electron chi connectivity index (χ0n) is 40.3. The van der Waals surface area contributed by atoms with Gasteiger partial charge in [-0.25, -0.2) is 14.2 Å². The van der Waals surface area contributed by atoms with Crippen LogP contribution in [0.25, 0.3) is 17.1 Å². The third-order valence-corrected chi connectivity index (χ3v) is 12.1. The highest BCUT2D eigenvalue weighted by Crippen LogP contribution is 2.38. The van der Waals surface area contributed by atoms with Crippen LogP contribution in [0, 0.1) is 12.8 Å². The SMILES string of the molecule is CC(=O)N1CCC[C@H]1C(=O)N[C@@H](CC(C)C)C(=O)N[C@@H](Cc1cncn1CCCCCO/N=C/c1cn(-c2ccccc2)nc1-c1ccc(C)o1)C(=O)N[C@@H](CO)C(=O)N[C@H](C(N)=O)[C@@H](C)OP(=O)(O)O. The molecule has 9 N–H and O–H groups in total. The fourth-order valence-corrected chi connectivity index (χ4v) is 8.49. The Morgan fingerprint density at radius 1 is 0.958 bits per heavy atom. The number of phosphoric acid groups is 1. The van der Waals surface area contributed by atoms with E-state index in [4.69, 9.17) is 20.1 Å². The largest absolute Gasteiger partial charge is 0.469 e. The van der Waals surface area contributed by atoms with Crippen LogP contribution in [0.5, 0.6) is 0 Å². The van der Waals surface area contributed by atoms with E-state index in [1.54, 1.807) is 21.8 Å². The molecule has 386 valence electrons. The fourth-order valence-electron chi connectivity index (χ4n) is 7.94. The Kier molecular flexibility index (Phi) is 20.2. The number of hydrogen-bond acceptors (Lipinski definition) is 14. The van der Waals surface area contributed by atoms with E-state index < -0.39 is 80.3 Å². The monoisotopic (exact) mass is 1010 g/mol. The number of aliphatic hydroxyl groups excluding tert-OH is 1. The van der Waals surface area contributed by atoms with Crippen molar-refractivity contribution in [1.29, 1.82) is 0 Å².